The number of aryl methyl sites for hydroxylation is 1. The summed E-state index contributed by atoms with van der Waals surface area (Å²) in [6, 6.07) is 10.9. The lowest BCUT2D eigenvalue weighted by atomic mass is 10.2. The summed E-state index contributed by atoms with van der Waals surface area (Å²) in [5.74, 6) is 0. The molecule has 102 valence electrons. The molecule has 1 aromatic heterocycles. The largest absolute Gasteiger partial charge is 0.243 e. The van der Waals surface area contributed by atoms with Crippen molar-refractivity contribution in [3.05, 3.63) is 52.2 Å². The molecule has 0 saturated carbocycles. The molecule has 1 aromatic carbocycles. The van der Waals surface area contributed by atoms with Gasteiger partial charge in [-0.15, -0.1) is 11.3 Å². The van der Waals surface area contributed by atoms with Crippen LogP contribution in [0.25, 0.3) is 0 Å². The molecule has 3 nitrogen and oxygen atoms in total. The Morgan fingerprint density at radius 3 is 2.37 bits per heavy atom. The second-order valence-electron chi connectivity index (χ2n) is 4.32. The van der Waals surface area contributed by atoms with E-state index >= 15 is 0 Å². The van der Waals surface area contributed by atoms with Crippen LogP contribution < -0.4 is 0 Å². The highest BCUT2D eigenvalue weighted by Gasteiger charge is 2.23. The smallest absolute Gasteiger partial charge is 0.207 e. The van der Waals surface area contributed by atoms with E-state index in [-0.39, 0.29) is 0 Å². The van der Waals surface area contributed by atoms with E-state index in [1.165, 1.54) is 4.31 Å². The minimum Gasteiger partial charge on any atom is -0.207 e. The summed E-state index contributed by atoms with van der Waals surface area (Å²) in [5, 5.41) is 1.96. The summed E-state index contributed by atoms with van der Waals surface area (Å²) in [5.41, 5.74) is 1.06. The van der Waals surface area contributed by atoms with Gasteiger partial charge in [-0.2, -0.15) is 4.31 Å². The average Bonchev–Trinajstić information content (AvgIpc) is 2.89. The van der Waals surface area contributed by atoms with Crippen LogP contribution in [0.15, 0.2) is 46.7 Å². The molecule has 0 N–H and O–H groups in total. The molecule has 1 heterocycles. The fourth-order valence-electron chi connectivity index (χ4n) is 1.80. The average molecular weight is 295 g/mol. The highest BCUT2D eigenvalue weighted by Crippen LogP contribution is 2.20. The molecule has 0 aliphatic rings. The maximum absolute atomic E-state index is 12.5. The fraction of sp³-hybridized carbons (Fsp3) is 0.286. The van der Waals surface area contributed by atoms with Crippen molar-refractivity contribution in [2.24, 2.45) is 0 Å². The Balaban J connectivity index is 2.28. The number of thiophene rings is 1. The highest BCUT2D eigenvalue weighted by atomic mass is 32.2. The van der Waals surface area contributed by atoms with Crippen LogP contribution in [0.4, 0.5) is 0 Å². The molecule has 0 aliphatic heterocycles. The van der Waals surface area contributed by atoms with Crippen LogP contribution >= 0.6 is 11.3 Å². The Kier molecular flexibility index (Phi) is 4.39. The molecular formula is C14H17NO2S2. The zero-order valence-electron chi connectivity index (χ0n) is 11.0. The third kappa shape index (κ3) is 3.23. The Hall–Kier alpha value is -1.17. The first-order valence-corrected chi connectivity index (χ1v) is 8.45. The van der Waals surface area contributed by atoms with Gasteiger partial charge in [0.2, 0.25) is 10.0 Å². The van der Waals surface area contributed by atoms with Crippen molar-refractivity contribution in [3.63, 3.8) is 0 Å². The van der Waals surface area contributed by atoms with E-state index in [0.717, 1.165) is 10.4 Å². The molecule has 0 spiro atoms. The van der Waals surface area contributed by atoms with Gasteiger partial charge in [0.1, 0.15) is 0 Å². The lowest BCUT2D eigenvalue weighted by Gasteiger charge is -2.19. The van der Waals surface area contributed by atoms with E-state index in [2.05, 4.69) is 0 Å². The number of hydrogen-bond acceptors (Lipinski definition) is 3. The van der Waals surface area contributed by atoms with Gasteiger partial charge in [-0.25, -0.2) is 8.42 Å². The Labute approximate surface area is 118 Å². The lowest BCUT2D eigenvalue weighted by Crippen LogP contribution is -2.30. The van der Waals surface area contributed by atoms with Crippen LogP contribution in [-0.2, 0) is 16.6 Å². The molecule has 2 aromatic rings. The monoisotopic (exact) mass is 295 g/mol. The highest BCUT2D eigenvalue weighted by molar-refractivity contribution is 7.89. The molecule has 0 bridgehead atoms. The first-order valence-electron chi connectivity index (χ1n) is 6.13. The van der Waals surface area contributed by atoms with Crippen molar-refractivity contribution in [2.75, 3.05) is 6.54 Å². The summed E-state index contributed by atoms with van der Waals surface area (Å²) in [4.78, 5) is 1.41. The SMILES string of the molecule is CCN(Cc1cccs1)S(=O)(=O)c1ccc(C)cc1. The molecular weight excluding hydrogens is 278 g/mol. The van der Waals surface area contributed by atoms with Crippen LogP contribution in [0.1, 0.15) is 17.4 Å². The van der Waals surface area contributed by atoms with Gasteiger partial charge >= 0.3 is 0 Å². The van der Waals surface area contributed by atoms with Gasteiger partial charge in [0.25, 0.3) is 0 Å². The molecule has 0 unspecified atom stereocenters. The van der Waals surface area contributed by atoms with E-state index in [9.17, 15) is 8.42 Å². The van der Waals surface area contributed by atoms with Crippen molar-refractivity contribution in [1.29, 1.82) is 0 Å². The predicted molar refractivity (Wildman–Crippen MR) is 78.8 cm³/mol. The van der Waals surface area contributed by atoms with Crippen molar-refractivity contribution in [3.8, 4) is 0 Å². The molecule has 2 rings (SSSR count). The third-order valence-electron chi connectivity index (χ3n) is 2.92. The van der Waals surface area contributed by atoms with Crippen molar-refractivity contribution in [1.82, 2.24) is 4.31 Å². The normalized spacial score (nSPS) is 11.9. The van der Waals surface area contributed by atoms with E-state index in [1.807, 2.05) is 43.5 Å². The quantitative estimate of drug-likeness (QED) is 0.849. The van der Waals surface area contributed by atoms with Crippen LogP contribution in [-0.4, -0.2) is 19.3 Å². The van der Waals surface area contributed by atoms with Crippen LogP contribution in [0.2, 0.25) is 0 Å². The van der Waals surface area contributed by atoms with E-state index in [0.29, 0.717) is 18.0 Å². The molecule has 0 radical (unpaired) electrons. The number of nitrogens with zero attached hydrogens (tertiary/aromatic N) is 1. The standard InChI is InChI=1S/C14H17NO2S2/c1-3-15(11-13-5-4-10-18-13)19(16,17)14-8-6-12(2)7-9-14/h4-10H,3,11H2,1-2H3. The second-order valence-corrected chi connectivity index (χ2v) is 7.29. The summed E-state index contributed by atoms with van der Waals surface area (Å²) in [6.07, 6.45) is 0. The summed E-state index contributed by atoms with van der Waals surface area (Å²) < 4.78 is 26.6. The summed E-state index contributed by atoms with van der Waals surface area (Å²) in [7, 11) is -3.40. The van der Waals surface area contributed by atoms with Gasteiger partial charge in [0.05, 0.1) is 4.90 Å². The Morgan fingerprint density at radius 1 is 1.16 bits per heavy atom. The number of hydrogen-bond donors (Lipinski definition) is 0. The summed E-state index contributed by atoms with van der Waals surface area (Å²) in [6.45, 7) is 4.71. The Morgan fingerprint density at radius 2 is 1.84 bits per heavy atom. The minimum atomic E-state index is -3.40. The topological polar surface area (TPSA) is 37.4 Å². The molecule has 0 amide bonds. The molecule has 5 heteroatoms. The van der Waals surface area contributed by atoms with Gasteiger partial charge in [-0.05, 0) is 30.5 Å². The second kappa shape index (κ2) is 5.86. The molecule has 0 saturated heterocycles. The predicted octanol–water partition coefficient (Wildman–Crippen LogP) is 3.27. The van der Waals surface area contributed by atoms with Crippen LogP contribution in [0, 0.1) is 6.92 Å². The summed E-state index contributed by atoms with van der Waals surface area (Å²) >= 11 is 1.57. The van der Waals surface area contributed by atoms with E-state index in [1.54, 1.807) is 23.5 Å². The number of sulfonamides is 1. The maximum Gasteiger partial charge on any atom is 0.243 e. The minimum absolute atomic E-state index is 0.358. The van der Waals surface area contributed by atoms with Gasteiger partial charge in [-0.1, -0.05) is 30.7 Å². The van der Waals surface area contributed by atoms with E-state index < -0.39 is 10.0 Å². The van der Waals surface area contributed by atoms with Crippen molar-refractivity contribution in [2.45, 2.75) is 25.3 Å². The van der Waals surface area contributed by atoms with Crippen molar-refractivity contribution < 1.29 is 8.42 Å². The van der Waals surface area contributed by atoms with Gasteiger partial charge in [0.15, 0.2) is 0 Å². The zero-order valence-corrected chi connectivity index (χ0v) is 12.7. The lowest BCUT2D eigenvalue weighted by molar-refractivity contribution is 0.426. The maximum atomic E-state index is 12.5. The first kappa shape index (κ1) is 14.2. The molecule has 0 fully saturated rings. The number of benzene rings is 1. The third-order valence-corrected chi connectivity index (χ3v) is 5.72. The van der Waals surface area contributed by atoms with Crippen LogP contribution in [0.3, 0.4) is 0 Å². The van der Waals surface area contributed by atoms with Crippen molar-refractivity contribution >= 4 is 21.4 Å². The van der Waals surface area contributed by atoms with E-state index in [4.69, 9.17) is 0 Å². The molecule has 0 atom stereocenters. The Bertz CT molecular complexity index is 616. The molecule has 0 aliphatic carbocycles. The number of rotatable bonds is 5. The first-order chi connectivity index (χ1) is 9.04. The molecule has 19 heavy (non-hydrogen) atoms. The van der Waals surface area contributed by atoms with Gasteiger partial charge in [-0.3, -0.25) is 0 Å². The fourth-order valence-corrected chi connectivity index (χ4v) is 4.03. The van der Waals surface area contributed by atoms with Gasteiger partial charge in [0, 0.05) is 18.0 Å². The van der Waals surface area contributed by atoms with Crippen LogP contribution in [0.5, 0.6) is 0 Å². The van der Waals surface area contributed by atoms with Gasteiger partial charge < -0.3 is 0 Å². The zero-order chi connectivity index (χ0) is 13.9.